The van der Waals surface area contributed by atoms with Crippen LogP contribution in [0.4, 0.5) is 0 Å². The van der Waals surface area contributed by atoms with Gasteiger partial charge in [-0.1, -0.05) is 12.1 Å². The fraction of sp³-hybridized carbons (Fsp3) is 0.429. The van der Waals surface area contributed by atoms with Crippen LogP contribution >= 0.6 is 0 Å². The largest absolute Gasteiger partial charge is 0.513 e. The van der Waals surface area contributed by atoms with Crippen molar-refractivity contribution in [3.05, 3.63) is 41.7 Å². The Balaban J connectivity index is 2.47. The maximum atomic E-state index is 8.97. The molecule has 0 aromatic heterocycles. The van der Waals surface area contributed by atoms with Crippen LogP contribution in [0, 0.1) is 0 Å². The Hall–Kier alpha value is -1.48. The molecule has 3 nitrogen and oxygen atoms in total. The lowest BCUT2D eigenvalue weighted by Gasteiger charge is -2.10. The van der Waals surface area contributed by atoms with E-state index in [0.29, 0.717) is 12.6 Å². The van der Waals surface area contributed by atoms with Crippen molar-refractivity contribution in [1.29, 1.82) is 0 Å². The molecule has 2 N–H and O–H groups in total. The van der Waals surface area contributed by atoms with Crippen molar-refractivity contribution in [2.75, 3.05) is 13.7 Å². The SMILES string of the molecule is CN[C@H](C)Cc1ccc(OC/C=C(\C)O)cc1. The highest BCUT2D eigenvalue weighted by Crippen LogP contribution is 2.13. The second-order valence-electron chi connectivity index (χ2n) is 4.19. The summed E-state index contributed by atoms with van der Waals surface area (Å²) in [7, 11) is 1.96. The molecule has 17 heavy (non-hydrogen) atoms. The molecule has 0 fully saturated rings. The van der Waals surface area contributed by atoms with Gasteiger partial charge in [0.1, 0.15) is 12.4 Å². The molecule has 0 amide bonds. The molecule has 1 aromatic carbocycles. The third kappa shape index (κ3) is 5.41. The lowest BCUT2D eigenvalue weighted by molar-refractivity contribution is 0.347. The first-order chi connectivity index (χ1) is 8.11. The van der Waals surface area contributed by atoms with Crippen molar-refractivity contribution < 1.29 is 9.84 Å². The number of aliphatic hydroxyl groups excluding tert-OH is 1. The van der Waals surface area contributed by atoms with E-state index in [2.05, 4.69) is 24.4 Å². The maximum absolute atomic E-state index is 8.97. The van der Waals surface area contributed by atoms with Crippen molar-refractivity contribution in [3.8, 4) is 5.75 Å². The van der Waals surface area contributed by atoms with E-state index in [-0.39, 0.29) is 5.76 Å². The second kappa shape index (κ2) is 6.97. The quantitative estimate of drug-likeness (QED) is 0.745. The maximum Gasteiger partial charge on any atom is 0.119 e. The Kier molecular flexibility index (Phi) is 5.57. The normalized spacial score (nSPS) is 13.5. The van der Waals surface area contributed by atoms with Gasteiger partial charge in [-0.05, 0) is 51.1 Å². The van der Waals surface area contributed by atoms with Gasteiger partial charge in [0, 0.05) is 6.04 Å². The number of benzene rings is 1. The number of hydrogen-bond donors (Lipinski definition) is 2. The first-order valence-electron chi connectivity index (χ1n) is 5.86. The van der Waals surface area contributed by atoms with E-state index in [4.69, 9.17) is 9.84 Å². The zero-order valence-corrected chi connectivity index (χ0v) is 10.7. The van der Waals surface area contributed by atoms with Crippen LogP contribution in [0.3, 0.4) is 0 Å². The van der Waals surface area contributed by atoms with E-state index in [9.17, 15) is 0 Å². The smallest absolute Gasteiger partial charge is 0.119 e. The van der Waals surface area contributed by atoms with Gasteiger partial charge in [0.15, 0.2) is 0 Å². The average molecular weight is 235 g/mol. The van der Waals surface area contributed by atoms with E-state index >= 15 is 0 Å². The van der Waals surface area contributed by atoms with Crippen molar-refractivity contribution in [1.82, 2.24) is 5.32 Å². The third-order valence-corrected chi connectivity index (χ3v) is 2.59. The Morgan fingerprint density at radius 3 is 2.59 bits per heavy atom. The summed E-state index contributed by atoms with van der Waals surface area (Å²) in [4.78, 5) is 0. The van der Waals surface area contributed by atoms with E-state index in [1.54, 1.807) is 13.0 Å². The molecule has 0 saturated carbocycles. The van der Waals surface area contributed by atoms with Crippen molar-refractivity contribution in [3.63, 3.8) is 0 Å². The fourth-order valence-electron chi connectivity index (χ4n) is 1.44. The third-order valence-electron chi connectivity index (χ3n) is 2.59. The van der Waals surface area contributed by atoms with Crippen LogP contribution in [-0.4, -0.2) is 24.8 Å². The summed E-state index contributed by atoms with van der Waals surface area (Å²) in [5, 5.41) is 12.2. The molecule has 94 valence electrons. The molecule has 1 aromatic rings. The van der Waals surface area contributed by atoms with Gasteiger partial charge in [0.2, 0.25) is 0 Å². The molecule has 0 aliphatic rings. The van der Waals surface area contributed by atoms with E-state index in [1.165, 1.54) is 5.56 Å². The molecular formula is C14H21NO2. The molecule has 0 unspecified atom stereocenters. The molecule has 3 heteroatoms. The zero-order valence-electron chi connectivity index (χ0n) is 10.7. The monoisotopic (exact) mass is 235 g/mol. The molecule has 0 aliphatic carbocycles. The highest BCUT2D eigenvalue weighted by atomic mass is 16.5. The Morgan fingerprint density at radius 2 is 2.06 bits per heavy atom. The number of ether oxygens (including phenoxy) is 1. The van der Waals surface area contributed by atoms with E-state index in [0.717, 1.165) is 12.2 Å². The topological polar surface area (TPSA) is 41.5 Å². The molecule has 0 radical (unpaired) electrons. The van der Waals surface area contributed by atoms with Crippen LogP contribution in [0.25, 0.3) is 0 Å². The molecule has 0 heterocycles. The van der Waals surface area contributed by atoms with Gasteiger partial charge in [-0.25, -0.2) is 0 Å². The van der Waals surface area contributed by atoms with Gasteiger partial charge in [-0.2, -0.15) is 0 Å². The summed E-state index contributed by atoms with van der Waals surface area (Å²) in [6.45, 7) is 4.18. The van der Waals surface area contributed by atoms with Crippen LogP contribution in [0.1, 0.15) is 19.4 Å². The lowest BCUT2D eigenvalue weighted by atomic mass is 10.1. The minimum atomic E-state index is 0.282. The molecule has 0 saturated heterocycles. The molecule has 0 spiro atoms. The Bertz CT molecular complexity index is 353. The molecule has 1 rings (SSSR count). The van der Waals surface area contributed by atoms with Gasteiger partial charge in [-0.3, -0.25) is 0 Å². The number of aliphatic hydroxyl groups is 1. The summed E-state index contributed by atoms with van der Waals surface area (Å²) < 4.78 is 5.45. The summed E-state index contributed by atoms with van der Waals surface area (Å²) in [6.07, 6.45) is 2.64. The Morgan fingerprint density at radius 1 is 1.41 bits per heavy atom. The van der Waals surface area contributed by atoms with Gasteiger partial charge in [0.25, 0.3) is 0 Å². The van der Waals surface area contributed by atoms with Crippen LogP contribution in [0.15, 0.2) is 36.1 Å². The lowest BCUT2D eigenvalue weighted by Crippen LogP contribution is -2.23. The molecule has 0 bridgehead atoms. The van der Waals surface area contributed by atoms with Gasteiger partial charge in [-0.15, -0.1) is 0 Å². The van der Waals surface area contributed by atoms with Gasteiger partial charge >= 0.3 is 0 Å². The second-order valence-corrected chi connectivity index (χ2v) is 4.19. The van der Waals surface area contributed by atoms with E-state index < -0.39 is 0 Å². The first-order valence-corrected chi connectivity index (χ1v) is 5.86. The summed E-state index contributed by atoms with van der Waals surface area (Å²) in [5.41, 5.74) is 1.29. The number of nitrogens with one attached hydrogen (secondary N) is 1. The molecule has 0 aliphatic heterocycles. The zero-order chi connectivity index (χ0) is 12.7. The highest BCUT2D eigenvalue weighted by molar-refractivity contribution is 5.27. The molecule has 1 atom stereocenters. The van der Waals surface area contributed by atoms with E-state index in [1.807, 2.05) is 19.2 Å². The summed E-state index contributed by atoms with van der Waals surface area (Å²) in [6, 6.07) is 8.52. The van der Waals surface area contributed by atoms with Crippen molar-refractivity contribution in [2.24, 2.45) is 0 Å². The number of rotatable bonds is 6. The summed E-state index contributed by atoms with van der Waals surface area (Å²) >= 11 is 0. The van der Waals surface area contributed by atoms with Crippen molar-refractivity contribution >= 4 is 0 Å². The van der Waals surface area contributed by atoms with Gasteiger partial charge in [0.05, 0.1) is 5.76 Å². The predicted molar refractivity (Wildman–Crippen MR) is 70.5 cm³/mol. The number of likely N-dealkylation sites (N-methyl/N-ethyl adjacent to an activating group) is 1. The Labute approximate surface area is 103 Å². The number of allylic oxidation sites excluding steroid dienone is 1. The summed E-state index contributed by atoms with van der Waals surface area (Å²) in [5.74, 6) is 1.10. The number of hydrogen-bond acceptors (Lipinski definition) is 3. The predicted octanol–water partition coefficient (Wildman–Crippen LogP) is 2.68. The van der Waals surface area contributed by atoms with Crippen LogP contribution < -0.4 is 10.1 Å². The minimum Gasteiger partial charge on any atom is -0.513 e. The van der Waals surface area contributed by atoms with Crippen LogP contribution in [0.5, 0.6) is 5.75 Å². The first kappa shape index (κ1) is 13.6. The van der Waals surface area contributed by atoms with Gasteiger partial charge < -0.3 is 15.2 Å². The minimum absolute atomic E-state index is 0.282. The average Bonchev–Trinajstić information content (AvgIpc) is 2.31. The van der Waals surface area contributed by atoms with Crippen LogP contribution in [-0.2, 0) is 6.42 Å². The van der Waals surface area contributed by atoms with Crippen LogP contribution in [0.2, 0.25) is 0 Å². The fourth-order valence-corrected chi connectivity index (χ4v) is 1.44. The standard InChI is InChI=1S/C14H21NO2/c1-11(15-3)10-13-4-6-14(7-5-13)17-9-8-12(2)16/h4-8,11,15-16H,9-10H2,1-3H3/b12-8+/t11-/m1/s1. The molecular weight excluding hydrogens is 214 g/mol. The van der Waals surface area contributed by atoms with Crippen molar-refractivity contribution in [2.45, 2.75) is 26.3 Å². The highest BCUT2D eigenvalue weighted by Gasteiger charge is 2.00.